The van der Waals surface area contributed by atoms with E-state index in [0.29, 0.717) is 6.42 Å². The zero-order chi connectivity index (χ0) is 12.8. The molecule has 1 aliphatic heterocycles. The summed E-state index contributed by atoms with van der Waals surface area (Å²) in [4.78, 5) is 10.3. The summed E-state index contributed by atoms with van der Waals surface area (Å²) in [6.45, 7) is 2.73. The van der Waals surface area contributed by atoms with Crippen molar-refractivity contribution in [3.05, 3.63) is 29.3 Å². The number of aliphatic carboxylic acids is 1. The highest BCUT2D eigenvalue weighted by Gasteiger charge is 2.09. The van der Waals surface area contributed by atoms with E-state index in [0.717, 1.165) is 32.5 Å². The maximum atomic E-state index is 10.3. The first-order valence-corrected chi connectivity index (χ1v) is 6.54. The van der Waals surface area contributed by atoms with Gasteiger partial charge in [-0.25, -0.2) is 0 Å². The van der Waals surface area contributed by atoms with Crippen LogP contribution in [0.4, 0.5) is 5.69 Å². The lowest BCUT2D eigenvalue weighted by Crippen LogP contribution is -2.19. The monoisotopic (exact) mass is 248 g/mol. The lowest BCUT2D eigenvalue weighted by molar-refractivity contribution is -0.137. The summed E-state index contributed by atoms with van der Waals surface area (Å²) in [5.74, 6) is -0.720. The summed E-state index contributed by atoms with van der Waals surface area (Å²) in [6.07, 6.45) is 3.07. The average Bonchev–Trinajstić information content (AvgIpc) is 2.80. The van der Waals surface area contributed by atoms with Crippen molar-refractivity contribution in [1.82, 2.24) is 5.32 Å². The molecule has 1 aromatic rings. The molecular weight excluding hydrogens is 228 g/mol. The van der Waals surface area contributed by atoms with Crippen molar-refractivity contribution in [2.75, 3.05) is 25.0 Å². The van der Waals surface area contributed by atoms with Gasteiger partial charge in [0.2, 0.25) is 0 Å². The van der Waals surface area contributed by atoms with Crippen LogP contribution in [-0.2, 0) is 17.6 Å². The molecule has 0 amide bonds. The molecule has 3 N–H and O–H groups in total. The molecule has 0 radical (unpaired) electrons. The van der Waals surface area contributed by atoms with E-state index in [4.69, 9.17) is 5.11 Å². The minimum atomic E-state index is -0.720. The van der Waals surface area contributed by atoms with Crippen molar-refractivity contribution < 1.29 is 9.90 Å². The smallest absolute Gasteiger partial charge is 0.303 e. The molecule has 0 spiro atoms. The molecule has 98 valence electrons. The van der Waals surface area contributed by atoms with Gasteiger partial charge in [-0.15, -0.1) is 0 Å². The van der Waals surface area contributed by atoms with Gasteiger partial charge in [0.1, 0.15) is 0 Å². The number of carboxylic acid groups (broad SMARTS) is 1. The van der Waals surface area contributed by atoms with Gasteiger partial charge in [0, 0.05) is 18.7 Å². The molecule has 0 saturated heterocycles. The Hall–Kier alpha value is -1.55. The van der Waals surface area contributed by atoms with Gasteiger partial charge >= 0.3 is 5.97 Å². The number of anilines is 1. The Kier molecular flexibility index (Phi) is 4.59. The van der Waals surface area contributed by atoms with E-state index in [-0.39, 0.29) is 6.42 Å². The Morgan fingerprint density at radius 3 is 3.11 bits per heavy atom. The van der Waals surface area contributed by atoms with Gasteiger partial charge in [-0.1, -0.05) is 12.1 Å². The predicted molar refractivity (Wildman–Crippen MR) is 72.1 cm³/mol. The normalized spacial score (nSPS) is 13.1. The topological polar surface area (TPSA) is 61.4 Å². The summed E-state index contributed by atoms with van der Waals surface area (Å²) in [5, 5.41) is 15.1. The second-order valence-electron chi connectivity index (χ2n) is 4.67. The lowest BCUT2D eigenvalue weighted by Gasteiger charge is -2.06. The number of hydrogen-bond acceptors (Lipinski definition) is 3. The highest BCUT2D eigenvalue weighted by Crippen LogP contribution is 2.22. The molecule has 4 nitrogen and oxygen atoms in total. The van der Waals surface area contributed by atoms with Gasteiger partial charge in [0.05, 0.1) is 0 Å². The Morgan fingerprint density at radius 2 is 2.28 bits per heavy atom. The first-order valence-electron chi connectivity index (χ1n) is 6.54. The van der Waals surface area contributed by atoms with Crippen molar-refractivity contribution in [2.24, 2.45) is 0 Å². The van der Waals surface area contributed by atoms with Crippen molar-refractivity contribution >= 4 is 11.7 Å². The molecule has 0 bridgehead atoms. The molecule has 0 aliphatic carbocycles. The molecule has 18 heavy (non-hydrogen) atoms. The third-order valence-electron chi connectivity index (χ3n) is 3.21. The molecule has 4 heteroatoms. The molecule has 2 rings (SSSR count). The average molecular weight is 248 g/mol. The predicted octanol–water partition coefficient (Wildman–Crippen LogP) is 1.65. The van der Waals surface area contributed by atoms with Crippen LogP contribution in [0.5, 0.6) is 0 Å². The minimum absolute atomic E-state index is 0.248. The molecule has 1 aromatic carbocycles. The SMILES string of the molecule is O=C(O)CCCNCCc1ccc2c(c1)CCN2. The van der Waals surface area contributed by atoms with Crippen LogP contribution in [0.1, 0.15) is 24.0 Å². The fraction of sp³-hybridized carbons (Fsp3) is 0.500. The van der Waals surface area contributed by atoms with Gasteiger partial charge in [-0.2, -0.15) is 0 Å². The summed E-state index contributed by atoms with van der Waals surface area (Å²) in [7, 11) is 0. The number of nitrogens with one attached hydrogen (secondary N) is 2. The third-order valence-corrected chi connectivity index (χ3v) is 3.21. The Labute approximate surface area is 107 Å². The van der Waals surface area contributed by atoms with Crippen molar-refractivity contribution in [1.29, 1.82) is 0 Å². The number of hydrogen-bond donors (Lipinski definition) is 3. The standard InChI is InChI=1S/C14H20N2O2/c17-14(18)2-1-7-15-8-5-11-3-4-13-12(10-11)6-9-16-13/h3-4,10,15-16H,1-2,5-9H2,(H,17,18). The number of carboxylic acids is 1. The van der Waals surface area contributed by atoms with Crippen LogP contribution in [0, 0.1) is 0 Å². The van der Waals surface area contributed by atoms with Gasteiger partial charge in [0.25, 0.3) is 0 Å². The van der Waals surface area contributed by atoms with Crippen LogP contribution in [0.2, 0.25) is 0 Å². The fourth-order valence-electron chi connectivity index (χ4n) is 2.24. The molecule has 0 atom stereocenters. The maximum absolute atomic E-state index is 10.3. The molecule has 1 heterocycles. The summed E-state index contributed by atoms with van der Waals surface area (Å²) < 4.78 is 0. The van der Waals surface area contributed by atoms with Crippen molar-refractivity contribution in [3.63, 3.8) is 0 Å². The third kappa shape index (κ3) is 3.74. The zero-order valence-corrected chi connectivity index (χ0v) is 10.5. The highest BCUT2D eigenvalue weighted by atomic mass is 16.4. The van der Waals surface area contributed by atoms with Gasteiger partial charge in [-0.05, 0) is 49.5 Å². The Morgan fingerprint density at radius 1 is 1.39 bits per heavy atom. The summed E-state index contributed by atoms with van der Waals surface area (Å²) in [6, 6.07) is 6.59. The van der Waals surface area contributed by atoms with E-state index in [1.807, 2.05) is 0 Å². The quantitative estimate of drug-likeness (QED) is 0.642. The van der Waals surface area contributed by atoms with Gasteiger partial charge in [0.15, 0.2) is 0 Å². The zero-order valence-electron chi connectivity index (χ0n) is 10.5. The van der Waals surface area contributed by atoms with Crippen LogP contribution < -0.4 is 10.6 Å². The Bertz CT molecular complexity index is 418. The fourth-order valence-corrected chi connectivity index (χ4v) is 2.24. The van der Waals surface area contributed by atoms with Gasteiger partial charge in [-0.3, -0.25) is 4.79 Å². The van der Waals surface area contributed by atoms with E-state index in [1.54, 1.807) is 0 Å². The molecule has 0 fully saturated rings. The van der Waals surface area contributed by atoms with Crippen LogP contribution >= 0.6 is 0 Å². The number of benzene rings is 1. The molecule has 1 aliphatic rings. The first-order chi connectivity index (χ1) is 8.75. The Balaban J connectivity index is 1.66. The minimum Gasteiger partial charge on any atom is -0.481 e. The number of fused-ring (bicyclic) bond motifs is 1. The largest absolute Gasteiger partial charge is 0.481 e. The molecule has 0 unspecified atom stereocenters. The van der Waals surface area contributed by atoms with E-state index in [1.165, 1.54) is 16.8 Å². The van der Waals surface area contributed by atoms with Crippen LogP contribution in [-0.4, -0.2) is 30.7 Å². The van der Waals surface area contributed by atoms with E-state index < -0.39 is 5.97 Å². The first kappa shape index (κ1) is 12.9. The van der Waals surface area contributed by atoms with Crippen LogP contribution in [0.25, 0.3) is 0 Å². The van der Waals surface area contributed by atoms with E-state index in [9.17, 15) is 4.79 Å². The molecule has 0 saturated carbocycles. The second-order valence-corrected chi connectivity index (χ2v) is 4.67. The van der Waals surface area contributed by atoms with E-state index in [2.05, 4.69) is 28.8 Å². The van der Waals surface area contributed by atoms with Crippen molar-refractivity contribution in [2.45, 2.75) is 25.7 Å². The number of carbonyl (C=O) groups is 1. The second kappa shape index (κ2) is 6.40. The summed E-state index contributed by atoms with van der Waals surface area (Å²) >= 11 is 0. The maximum Gasteiger partial charge on any atom is 0.303 e. The highest BCUT2D eigenvalue weighted by molar-refractivity contribution is 5.66. The van der Waals surface area contributed by atoms with Gasteiger partial charge < -0.3 is 15.7 Å². The number of rotatable bonds is 7. The molecular formula is C14H20N2O2. The van der Waals surface area contributed by atoms with Crippen LogP contribution in [0.3, 0.4) is 0 Å². The lowest BCUT2D eigenvalue weighted by atomic mass is 10.1. The summed E-state index contributed by atoms with van der Waals surface area (Å²) in [5.41, 5.74) is 4.04. The van der Waals surface area contributed by atoms with Crippen molar-refractivity contribution in [3.8, 4) is 0 Å². The van der Waals surface area contributed by atoms with Crippen LogP contribution in [0.15, 0.2) is 18.2 Å². The van der Waals surface area contributed by atoms with E-state index >= 15 is 0 Å². The molecule has 0 aromatic heterocycles.